The molecule has 0 N–H and O–H groups in total. The van der Waals surface area contributed by atoms with Crippen molar-refractivity contribution in [1.29, 1.82) is 0 Å². The van der Waals surface area contributed by atoms with Crippen LogP contribution in [0.15, 0.2) is 158 Å². The monoisotopic (exact) mass is 666 g/mol. The lowest BCUT2D eigenvalue weighted by Crippen LogP contribution is -2.33. The van der Waals surface area contributed by atoms with Gasteiger partial charge in [0, 0.05) is 38.4 Å². The summed E-state index contributed by atoms with van der Waals surface area (Å²) in [6, 6.07) is 58.8. The summed E-state index contributed by atoms with van der Waals surface area (Å²) in [6.07, 6.45) is 0. The first-order valence-electron chi connectivity index (χ1n) is 18.4. The highest BCUT2D eigenvalue weighted by molar-refractivity contribution is 6.16. The van der Waals surface area contributed by atoms with Crippen molar-refractivity contribution < 1.29 is 0 Å². The van der Waals surface area contributed by atoms with Gasteiger partial charge in [-0.05, 0) is 92.0 Å². The molecule has 2 nitrogen and oxygen atoms in total. The second kappa shape index (κ2) is 10.2. The normalized spacial score (nSPS) is 14.8. The van der Waals surface area contributed by atoms with Crippen molar-refractivity contribution in [3.63, 3.8) is 0 Å². The lowest BCUT2D eigenvalue weighted by Gasteiger charge is -2.42. The zero-order chi connectivity index (χ0) is 34.9. The number of hydrogen-bond donors (Lipinski definition) is 0. The SMILES string of the molecule is CC1(C)c2cccc3c2-n2c4c1cccc4c1cc(-c4ccc(N(c5ccccc5)c5ccc6ccccc6c5)c5ccccc45)cc(c12)C3(C)C. The standard InChI is InChI=1S/C50H38N2/c1-49(2)41-21-12-20-39-40-29-33(30-44-47(40)52(46(39)41)48-42(49)22-13-23-43(48)50(44,3)4)36-26-27-45(38-19-11-10-18-37(36)38)51(34-16-6-5-7-17-34)35-25-24-31-14-8-9-15-32(31)28-35/h5-30H,1-4H3. The Morgan fingerprint density at radius 1 is 0.423 bits per heavy atom. The van der Waals surface area contributed by atoms with Gasteiger partial charge in [-0.2, -0.15) is 0 Å². The van der Waals surface area contributed by atoms with Crippen LogP contribution < -0.4 is 4.90 Å². The summed E-state index contributed by atoms with van der Waals surface area (Å²) < 4.78 is 2.61. The lowest BCUT2D eigenvalue weighted by molar-refractivity contribution is 0.594. The van der Waals surface area contributed by atoms with E-state index in [1.165, 1.54) is 88.1 Å². The molecule has 2 aliphatic heterocycles. The van der Waals surface area contributed by atoms with Crippen molar-refractivity contribution in [2.75, 3.05) is 4.90 Å². The molecule has 9 aromatic rings. The Hall–Kier alpha value is -6.12. The number of anilines is 3. The fraction of sp³-hybridized carbons (Fsp3) is 0.120. The van der Waals surface area contributed by atoms with Crippen LogP contribution in [0.5, 0.6) is 0 Å². The molecule has 8 aromatic carbocycles. The zero-order valence-electron chi connectivity index (χ0n) is 29.9. The Morgan fingerprint density at radius 3 is 1.87 bits per heavy atom. The first-order chi connectivity index (χ1) is 25.3. The number of benzene rings is 8. The Labute approximate surface area is 304 Å². The predicted octanol–water partition coefficient (Wildman–Crippen LogP) is 13.5. The number of para-hydroxylation sites is 3. The number of aromatic nitrogens is 1. The van der Waals surface area contributed by atoms with Crippen LogP contribution in [0.3, 0.4) is 0 Å². The predicted molar refractivity (Wildman–Crippen MR) is 220 cm³/mol. The molecule has 2 heteroatoms. The van der Waals surface area contributed by atoms with E-state index in [4.69, 9.17) is 0 Å². The topological polar surface area (TPSA) is 8.17 Å². The van der Waals surface area contributed by atoms with Crippen molar-refractivity contribution in [2.45, 2.75) is 38.5 Å². The highest BCUT2D eigenvalue weighted by Crippen LogP contribution is 2.56. The third-order valence-electron chi connectivity index (χ3n) is 12.3. The van der Waals surface area contributed by atoms with Gasteiger partial charge in [0.2, 0.25) is 0 Å². The Balaban J connectivity index is 1.19. The molecule has 2 aliphatic rings. The summed E-state index contributed by atoms with van der Waals surface area (Å²) in [4.78, 5) is 2.41. The number of fused-ring (bicyclic) bond motifs is 3. The molecule has 52 heavy (non-hydrogen) atoms. The van der Waals surface area contributed by atoms with Gasteiger partial charge in [-0.3, -0.25) is 0 Å². The van der Waals surface area contributed by atoms with Crippen LogP contribution in [-0.4, -0.2) is 4.57 Å². The van der Waals surface area contributed by atoms with Gasteiger partial charge in [-0.1, -0.05) is 143 Å². The number of nitrogens with zero attached hydrogens (tertiary/aromatic N) is 2. The fourth-order valence-corrected chi connectivity index (χ4v) is 9.69. The van der Waals surface area contributed by atoms with Gasteiger partial charge in [0.25, 0.3) is 0 Å². The average Bonchev–Trinajstić information content (AvgIpc) is 3.51. The van der Waals surface area contributed by atoms with E-state index in [0.29, 0.717) is 0 Å². The summed E-state index contributed by atoms with van der Waals surface area (Å²) in [5.41, 5.74) is 15.4. The van der Waals surface area contributed by atoms with Crippen LogP contribution in [-0.2, 0) is 10.8 Å². The van der Waals surface area contributed by atoms with E-state index in [1.807, 2.05) is 0 Å². The molecule has 0 amide bonds. The summed E-state index contributed by atoms with van der Waals surface area (Å²) in [5.74, 6) is 0. The molecule has 11 rings (SSSR count). The van der Waals surface area contributed by atoms with Crippen molar-refractivity contribution >= 4 is 60.4 Å². The van der Waals surface area contributed by atoms with Gasteiger partial charge in [0.15, 0.2) is 0 Å². The van der Waals surface area contributed by atoms with E-state index in [0.717, 1.165) is 11.4 Å². The van der Waals surface area contributed by atoms with Crippen molar-refractivity contribution in [1.82, 2.24) is 4.57 Å². The van der Waals surface area contributed by atoms with Gasteiger partial charge in [0.1, 0.15) is 0 Å². The lowest BCUT2D eigenvalue weighted by atomic mass is 9.68. The van der Waals surface area contributed by atoms with Gasteiger partial charge < -0.3 is 9.47 Å². The molecule has 248 valence electrons. The van der Waals surface area contributed by atoms with Crippen molar-refractivity contribution in [3.8, 4) is 16.8 Å². The minimum absolute atomic E-state index is 0.0899. The smallest absolute Gasteiger partial charge is 0.0582 e. The van der Waals surface area contributed by atoms with E-state index in [-0.39, 0.29) is 10.8 Å². The maximum absolute atomic E-state index is 2.61. The number of rotatable bonds is 4. The molecular weight excluding hydrogens is 629 g/mol. The molecule has 0 unspecified atom stereocenters. The van der Waals surface area contributed by atoms with Crippen molar-refractivity contribution in [2.24, 2.45) is 0 Å². The minimum Gasteiger partial charge on any atom is -0.310 e. The van der Waals surface area contributed by atoms with Crippen molar-refractivity contribution in [3.05, 3.63) is 180 Å². The molecule has 0 radical (unpaired) electrons. The Kier molecular flexibility index (Phi) is 5.83. The van der Waals surface area contributed by atoms with Gasteiger partial charge in [-0.25, -0.2) is 0 Å². The van der Waals surface area contributed by atoms with Gasteiger partial charge in [-0.15, -0.1) is 0 Å². The summed E-state index contributed by atoms with van der Waals surface area (Å²) in [7, 11) is 0. The van der Waals surface area contributed by atoms with Crippen LogP contribution in [0.25, 0.3) is 60.2 Å². The van der Waals surface area contributed by atoms with Crippen LogP contribution >= 0.6 is 0 Å². The molecule has 0 fully saturated rings. The third-order valence-corrected chi connectivity index (χ3v) is 12.3. The third kappa shape index (κ3) is 3.79. The molecule has 1 aromatic heterocycles. The fourth-order valence-electron chi connectivity index (χ4n) is 9.69. The first kappa shape index (κ1) is 29.6. The van der Waals surface area contributed by atoms with E-state index in [9.17, 15) is 0 Å². The zero-order valence-corrected chi connectivity index (χ0v) is 29.9. The van der Waals surface area contributed by atoms with Crippen LogP contribution in [0, 0.1) is 0 Å². The molecule has 0 saturated carbocycles. The maximum atomic E-state index is 2.61. The quantitative estimate of drug-likeness (QED) is 0.181. The summed E-state index contributed by atoms with van der Waals surface area (Å²) >= 11 is 0. The van der Waals surface area contributed by atoms with Gasteiger partial charge in [0.05, 0.1) is 22.4 Å². The molecule has 0 bridgehead atoms. The van der Waals surface area contributed by atoms with Gasteiger partial charge >= 0.3 is 0 Å². The average molecular weight is 667 g/mol. The van der Waals surface area contributed by atoms with Crippen LogP contribution in [0.2, 0.25) is 0 Å². The molecular formula is C50H38N2. The second-order valence-electron chi connectivity index (χ2n) is 15.8. The van der Waals surface area contributed by atoms with E-state index >= 15 is 0 Å². The van der Waals surface area contributed by atoms with Crippen LogP contribution in [0.4, 0.5) is 17.1 Å². The van der Waals surface area contributed by atoms with Crippen LogP contribution in [0.1, 0.15) is 49.9 Å². The summed E-state index contributed by atoms with van der Waals surface area (Å²) in [5, 5.41) is 7.63. The highest BCUT2D eigenvalue weighted by atomic mass is 15.1. The Bertz CT molecular complexity index is 2960. The molecule has 0 atom stereocenters. The highest BCUT2D eigenvalue weighted by Gasteiger charge is 2.43. The molecule has 3 heterocycles. The minimum atomic E-state index is -0.173. The molecule has 0 spiro atoms. The maximum Gasteiger partial charge on any atom is 0.0582 e. The number of hydrogen-bond acceptors (Lipinski definition) is 1. The molecule has 0 aliphatic carbocycles. The first-order valence-corrected chi connectivity index (χ1v) is 18.4. The summed E-state index contributed by atoms with van der Waals surface area (Å²) in [6.45, 7) is 9.65. The largest absolute Gasteiger partial charge is 0.310 e. The van der Waals surface area contributed by atoms with E-state index in [2.05, 4.69) is 195 Å². The van der Waals surface area contributed by atoms with E-state index in [1.54, 1.807) is 0 Å². The second-order valence-corrected chi connectivity index (χ2v) is 15.8. The Morgan fingerprint density at radius 2 is 1.06 bits per heavy atom. The van der Waals surface area contributed by atoms with E-state index < -0.39 is 0 Å². The molecule has 0 saturated heterocycles.